The van der Waals surface area contributed by atoms with Gasteiger partial charge in [-0.3, -0.25) is 10.1 Å². The third kappa shape index (κ3) is 5.62. The largest absolute Gasteiger partial charge is 0.469 e. The minimum atomic E-state index is -0.330. The number of urea groups is 1. The van der Waals surface area contributed by atoms with E-state index in [-0.39, 0.29) is 18.0 Å². The zero-order valence-electron chi connectivity index (χ0n) is 13.6. The zero-order chi connectivity index (χ0) is 17.4. The lowest BCUT2D eigenvalue weighted by Gasteiger charge is -2.13. The Balaban J connectivity index is 1.79. The van der Waals surface area contributed by atoms with E-state index in [1.807, 2.05) is 37.3 Å². The number of methoxy groups -OCH3 is 1. The Hall–Kier alpha value is -2.48. The molecule has 0 aliphatic heterocycles. The second-order valence-corrected chi connectivity index (χ2v) is 6.22. The molecule has 1 atom stereocenters. The molecule has 24 heavy (non-hydrogen) atoms. The molecule has 1 heterocycles. The molecule has 1 aromatic heterocycles. The van der Waals surface area contributed by atoms with Crippen molar-refractivity contribution in [2.45, 2.75) is 32.2 Å². The van der Waals surface area contributed by atoms with Gasteiger partial charge in [0.15, 0.2) is 0 Å². The van der Waals surface area contributed by atoms with Crippen LogP contribution in [0.25, 0.3) is 0 Å². The minimum Gasteiger partial charge on any atom is -0.469 e. The van der Waals surface area contributed by atoms with Gasteiger partial charge in [0, 0.05) is 12.8 Å². The molecule has 2 N–H and O–H groups in total. The number of carbonyl (C=O) groups is 2. The molecular formula is C16H20N4O3S. The molecule has 0 spiro atoms. The Morgan fingerprint density at radius 1 is 1.25 bits per heavy atom. The smallest absolute Gasteiger partial charge is 0.321 e. The van der Waals surface area contributed by atoms with Gasteiger partial charge in [-0.1, -0.05) is 41.7 Å². The quantitative estimate of drug-likeness (QED) is 0.751. The number of hydrogen-bond acceptors (Lipinski definition) is 6. The first-order valence-corrected chi connectivity index (χ1v) is 8.42. The van der Waals surface area contributed by atoms with Crippen LogP contribution in [0.4, 0.5) is 9.93 Å². The maximum atomic E-state index is 12.0. The van der Waals surface area contributed by atoms with Crippen LogP contribution < -0.4 is 10.6 Å². The topological polar surface area (TPSA) is 93.2 Å². The van der Waals surface area contributed by atoms with Crippen molar-refractivity contribution in [3.63, 3.8) is 0 Å². The Labute approximate surface area is 144 Å². The Morgan fingerprint density at radius 2 is 2.00 bits per heavy atom. The predicted octanol–water partition coefficient (Wildman–Crippen LogP) is 2.92. The van der Waals surface area contributed by atoms with Gasteiger partial charge in [-0.2, -0.15) is 0 Å². The van der Waals surface area contributed by atoms with Gasteiger partial charge < -0.3 is 10.1 Å². The third-order valence-electron chi connectivity index (χ3n) is 3.33. The van der Waals surface area contributed by atoms with Crippen LogP contribution in [0.3, 0.4) is 0 Å². The monoisotopic (exact) mass is 348 g/mol. The Kier molecular flexibility index (Phi) is 6.68. The van der Waals surface area contributed by atoms with Crippen molar-refractivity contribution in [3.8, 4) is 0 Å². The van der Waals surface area contributed by atoms with Gasteiger partial charge in [-0.15, -0.1) is 10.2 Å². The van der Waals surface area contributed by atoms with E-state index in [0.29, 0.717) is 24.4 Å². The van der Waals surface area contributed by atoms with Crippen molar-refractivity contribution >= 4 is 28.5 Å². The van der Waals surface area contributed by atoms with Crippen molar-refractivity contribution in [2.24, 2.45) is 0 Å². The second-order valence-electron chi connectivity index (χ2n) is 5.16. The number of aromatic nitrogens is 2. The lowest BCUT2D eigenvalue weighted by atomic mass is 10.1. The number of rotatable bonds is 7. The molecule has 1 aromatic carbocycles. The number of nitrogens with zero attached hydrogens (tertiary/aromatic N) is 2. The summed E-state index contributed by atoms with van der Waals surface area (Å²) in [5.74, 6) is -0.243. The SMILES string of the molecule is COC(=O)CCCc1nnc(NC(=O)NC(C)c2ccccc2)s1. The van der Waals surface area contributed by atoms with E-state index in [2.05, 4.69) is 25.6 Å². The van der Waals surface area contributed by atoms with Crippen LogP contribution in [0, 0.1) is 0 Å². The van der Waals surface area contributed by atoms with Gasteiger partial charge in [0.2, 0.25) is 5.13 Å². The summed E-state index contributed by atoms with van der Waals surface area (Å²) in [7, 11) is 1.37. The molecule has 0 aliphatic carbocycles. The fourth-order valence-electron chi connectivity index (χ4n) is 2.05. The Bertz CT molecular complexity index is 675. The number of nitrogens with one attached hydrogen (secondary N) is 2. The van der Waals surface area contributed by atoms with E-state index in [0.717, 1.165) is 10.6 Å². The van der Waals surface area contributed by atoms with E-state index in [1.165, 1.54) is 18.4 Å². The van der Waals surface area contributed by atoms with E-state index in [9.17, 15) is 9.59 Å². The summed E-state index contributed by atoms with van der Waals surface area (Å²) in [6, 6.07) is 9.25. The first-order chi connectivity index (χ1) is 11.6. The molecule has 0 fully saturated rings. The van der Waals surface area contributed by atoms with Crippen LogP contribution in [0.2, 0.25) is 0 Å². The van der Waals surface area contributed by atoms with Gasteiger partial charge in [-0.25, -0.2) is 4.79 Å². The second kappa shape index (κ2) is 8.97. The normalized spacial score (nSPS) is 11.6. The number of amides is 2. The third-order valence-corrected chi connectivity index (χ3v) is 4.23. The van der Waals surface area contributed by atoms with E-state index >= 15 is 0 Å². The van der Waals surface area contributed by atoms with Crippen LogP contribution in [0.5, 0.6) is 0 Å². The molecule has 128 valence electrons. The molecule has 0 aliphatic rings. The highest BCUT2D eigenvalue weighted by Crippen LogP contribution is 2.18. The summed E-state index contributed by atoms with van der Waals surface area (Å²) < 4.78 is 4.58. The van der Waals surface area contributed by atoms with Crippen LogP contribution in [0.1, 0.15) is 36.4 Å². The van der Waals surface area contributed by atoms with Crippen LogP contribution >= 0.6 is 11.3 Å². The summed E-state index contributed by atoms with van der Waals surface area (Å²) in [4.78, 5) is 23.1. The van der Waals surface area contributed by atoms with E-state index < -0.39 is 0 Å². The molecule has 8 heteroatoms. The molecule has 0 saturated heterocycles. The first-order valence-electron chi connectivity index (χ1n) is 7.60. The molecule has 0 radical (unpaired) electrons. The molecule has 0 saturated carbocycles. The summed E-state index contributed by atoms with van der Waals surface area (Å²) in [6.45, 7) is 1.91. The van der Waals surface area contributed by atoms with E-state index in [4.69, 9.17) is 0 Å². The van der Waals surface area contributed by atoms with Crippen LogP contribution in [0.15, 0.2) is 30.3 Å². The molecule has 7 nitrogen and oxygen atoms in total. The number of ether oxygens (including phenoxy) is 1. The lowest BCUT2D eigenvalue weighted by molar-refractivity contribution is -0.140. The zero-order valence-corrected chi connectivity index (χ0v) is 14.4. The maximum absolute atomic E-state index is 12.0. The highest BCUT2D eigenvalue weighted by Gasteiger charge is 2.12. The summed E-state index contributed by atoms with van der Waals surface area (Å²) in [5.41, 5.74) is 1.02. The highest BCUT2D eigenvalue weighted by atomic mass is 32.1. The summed E-state index contributed by atoms with van der Waals surface area (Å²) in [6.07, 6.45) is 1.60. The van der Waals surface area contributed by atoms with Gasteiger partial charge in [0.05, 0.1) is 13.2 Å². The minimum absolute atomic E-state index is 0.112. The van der Waals surface area contributed by atoms with Crippen molar-refractivity contribution in [3.05, 3.63) is 40.9 Å². The number of esters is 1. The Morgan fingerprint density at radius 3 is 2.71 bits per heavy atom. The first kappa shape index (κ1) is 17.9. The fourth-order valence-corrected chi connectivity index (χ4v) is 2.82. The highest BCUT2D eigenvalue weighted by molar-refractivity contribution is 7.15. The number of benzene rings is 1. The average molecular weight is 348 g/mol. The molecular weight excluding hydrogens is 328 g/mol. The number of aryl methyl sites for hydroxylation is 1. The van der Waals surface area contributed by atoms with Crippen LogP contribution in [-0.2, 0) is 16.0 Å². The van der Waals surface area contributed by atoms with Crippen molar-refractivity contribution in [2.75, 3.05) is 12.4 Å². The van der Waals surface area contributed by atoms with E-state index in [1.54, 1.807) is 0 Å². The maximum Gasteiger partial charge on any atom is 0.321 e. The average Bonchev–Trinajstić information content (AvgIpc) is 3.02. The van der Waals surface area contributed by atoms with Crippen LogP contribution in [-0.4, -0.2) is 29.3 Å². The lowest BCUT2D eigenvalue weighted by Crippen LogP contribution is -2.31. The number of anilines is 1. The summed E-state index contributed by atoms with van der Waals surface area (Å²) >= 11 is 1.30. The number of carbonyl (C=O) groups excluding carboxylic acids is 2. The predicted molar refractivity (Wildman–Crippen MR) is 91.9 cm³/mol. The summed E-state index contributed by atoms with van der Waals surface area (Å²) in [5, 5.41) is 14.7. The van der Waals surface area contributed by atoms with Crippen molar-refractivity contribution in [1.29, 1.82) is 0 Å². The van der Waals surface area contributed by atoms with Crippen molar-refractivity contribution in [1.82, 2.24) is 15.5 Å². The fraction of sp³-hybridized carbons (Fsp3) is 0.375. The standard InChI is InChI=1S/C16H20N4O3S/c1-11(12-7-4-3-5-8-12)17-15(22)18-16-20-19-13(24-16)9-6-10-14(21)23-2/h3-5,7-8,11H,6,9-10H2,1-2H3,(H2,17,18,20,22). The molecule has 2 amide bonds. The molecule has 2 rings (SSSR count). The van der Waals surface area contributed by atoms with Gasteiger partial charge in [-0.05, 0) is 18.9 Å². The van der Waals surface area contributed by atoms with Crippen molar-refractivity contribution < 1.29 is 14.3 Å². The molecule has 2 aromatic rings. The van der Waals surface area contributed by atoms with Gasteiger partial charge >= 0.3 is 12.0 Å². The van der Waals surface area contributed by atoms with Gasteiger partial charge in [0.25, 0.3) is 0 Å². The van der Waals surface area contributed by atoms with Gasteiger partial charge in [0.1, 0.15) is 5.01 Å². The molecule has 0 bridgehead atoms. The number of hydrogen-bond donors (Lipinski definition) is 2. The molecule has 1 unspecified atom stereocenters.